The van der Waals surface area contributed by atoms with Crippen LogP contribution in [0.1, 0.15) is 25.0 Å². The van der Waals surface area contributed by atoms with Crippen molar-refractivity contribution in [3.8, 4) is 17.2 Å². The first-order valence-electron chi connectivity index (χ1n) is 11.7. The zero-order chi connectivity index (χ0) is 26.8. The number of aromatic nitrogens is 1. The molecule has 1 heterocycles. The van der Waals surface area contributed by atoms with Gasteiger partial charge in [0.2, 0.25) is 0 Å². The van der Waals surface area contributed by atoms with E-state index in [0.29, 0.717) is 18.0 Å². The highest BCUT2D eigenvalue weighted by molar-refractivity contribution is 6.31. The Kier molecular flexibility index (Phi) is 9.99. The lowest BCUT2D eigenvalue weighted by Gasteiger charge is -2.20. The third-order valence-electron chi connectivity index (χ3n) is 5.44. The molecule has 2 aromatic carbocycles. The fourth-order valence-corrected chi connectivity index (χ4v) is 3.64. The summed E-state index contributed by atoms with van der Waals surface area (Å²) in [5, 5.41) is 4.58. The molecule has 3 rings (SSSR count). The number of carbonyl (C=O) groups is 1. The number of urea groups is 1. The van der Waals surface area contributed by atoms with Crippen LogP contribution in [0, 0.1) is 0 Å². The number of ether oxygens (including phenoxy) is 2. The first-order chi connectivity index (χ1) is 17.7. The van der Waals surface area contributed by atoms with Crippen molar-refractivity contribution in [2.45, 2.75) is 26.6 Å². The third-order valence-corrected chi connectivity index (χ3v) is 5.76. The second-order valence-electron chi connectivity index (χ2n) is 7.94. The molecule has 3 aromatic rings. The van der Waals surface area contributed by atoms with Gasteiger partial charge in [-0.2, -0.15) is 13.2 Å². The maximum Gasteiger partial charge on any atom is 0.417 e. The summed E-state index contributed by atoms with van der Waals surface area (Å²) in [7, 11) is 0. The van der Waals surface area contributed by atoms with E-state index in [9.17, 15) is 18.0 Å². The summed E-state index contributed by atoms with van der Waals surface area (Å²) in [6.07, 6.45) is -1.46. The number of pyridine rings is 1. The van der Waals surface area contributed by atoms with Crippen molar-refractivity contribution < 1.29 is 27.4 Å². The molecule has 0 bridgehead atoms. The molecular weight excluding hydrogens is 509 g/mol. The Morgan fingerprint density at radius 2 is 1.68 bits per heavy atom. The number of alkyl halides is 3. The van der Waals surface area contributed by atoms with Crippen LogP contribution in [-0.4, -0.2) is 42.2 Å². The molecule has 11 heteroatoms. The minimum Gasteiger partial charge on any atom is -0.490 e. The minimum absolute atomic E-state index is 0.0536. The highest BCUT2D eigenvalue weighted by Crippen LogP contribution is 2.40. The first-order valence-corrected chi connectivity index (χ1v) is 12.0. The summed E-state index contributed by atoms with van der Waals surface area (Å²) >= 11 is 5.87. The predicted octanol–water partition coefficient (Wildman–Crippen LogP) is 6.59. The fourth-order valence-electron chi connectivity index (χ4n) is 3.38. The van der Waals surface area contributed by atoms with Gasteiger partial charge in [0.15, 0.2) is 0 Å². The van der Waals surface area contributed by atoms with E-state index in [1.165, 1.54) is 0 Å². The normalized spacial score (nSPS) is 11.3. The average molecular weight is 537 g/mol. The number of anilines is 1. The van der Waals surface area contributed by atoms with E-state index in [4.69, 9.17) is 21.1 Å². The lowest BCUT2D eigenvalue weighted by atomic mass is 10.1. The van der Waals surface area contributed by atoms with E-state index in [2.05, 4.69) is 20.5 Å². The van der Waals surface area contributed by atoms with Crippen molar-refractivity contribution in [1.29, 1.82) is 0 Å². The Balaban J connectivity index is 1.64. The van der Waals surface area contributed by atoms with Crippen LogP contribution in [0.5, 0.6) is 17.2 Å². The van der Waals surface area contributed by atoms with Gasteiger partial charge in [0.1, 0.15) is 23.9 Å². The molecule has 0 spiro atoms. The van der Waals surface area contributed by atoms with Crippen molar-refractivity contribution in [3.05, 3.63) is 77.1 Å². The fraction of sp³-hybridized carbons (Fsp3) is 0.308. The molecule has 0 aliphatic carbocycles. The molecular formula is C26H28ClF3N4O3. The van der Waals surface area contributed by atoms with Crippen molar-refractivity contribution in [1.82, 2.24) is 15.2 Å². The predicted molar refractivity (Wildman–Crippen MR) is 136 cm³/mol. The summed E-state index contributed by atoms with van der Waals surface area (Å²) in [5.74, 6) is 1.29. The first kappa shape index (κ1) is 28.1. The molecule has 0 saturated heterocycles. The summed E-state index contributed by atoms with van der Waals surface area (Å²) in [5.41, 5.74) is -0.430. The van der Waals surface area contributed by atoms with E-state index < -0.39 is 22.8 Å². The molecule has 7 nitrogen and oxygen atoms in total. The minimum atomic E-state index is -4.69. The Hall–Kier alpha value is -3.50. The number of hydrogen-bond acceptors (Lipinski definition) is 5. The van der Waals surface area contributed by atoms with Crippen LogP contribution < -0.4 is 20.1 Å². The number of carbonyl (C=O) groups excluding carboxylic acids is 1. The van der Waals surface area contributed by atoms with Crippen LogP contribution in [0.25, 0.3) is 0 Å². The molecule has 0 saturated carbocycles. The summed E-state index contributed by atoms with van der Waals surface area (Å²) in [4.78, 5) is 18.6. The smallest absolute Gasteiger partial charge is 0.417 e. The average Bonchev–Trinajstić information content (AvgIpc) is 2.87. The van der Waals surface area contributed by atoms with Crippen molar-refractivity contribution in [2.75, 3.05) is 31.6 Å². The molecule has 0 radical (unpaired) electrons. The number of hydrogen-bond donors (Lipinski definition) is 2. The van der Waals surface area contributed by atoms with Crippen molar-refractivity contribution >= 4 is 23.3 Å². The van der Waals surface area contributed by atoms with Crippen LogP contribution in [0.4, 0.5) is 23.7 Å². The lowest BCUT2D eigenvalue weighted by Crippen LogP contribution is -2.29. The van der Waals surface area contributed by atoms with Crippen LogP contribution in [0.15, 0.2) is 60.9 Å². The van der Waals surface area contributed by atoms with Crippen LogP contribution in [0.3, 0.4) is 0 Å². The number of nitrogens with zero attached hydrogens (tertiary/aromatic N) is 2. The van der Waals surface area contributed by atoms with Gasteiger partial charge in [0.05, 0.1) is 16.3 Å². The molecule has 0 aliphatic heterocycles. The monoisotopic (exact) mass is 536 g/mol. The maximum atomic E-state index is 13.4. The zero-order valence-electron chi connectivity index (χ0n) is 20.4. The molecule has 2 amide bonds. The van der Waals surface area contributed by atoms with E-state index in [1.54, 1.807) is 48.8 Å². The molecule has 198 valence electrons. The molecule has 2 N–H and O–H groups in total. The highest BCUT2D eigenvalue weighted by atomic mass is 35.5. The quantitative estimate of drug-likeness (QED) is 0.289. The zero-order valence-corrected chi connectivity index (χ0v) is 21.2. The van der Waals surface area contributed by atoms with E-state index in [0.717, 1.165) is 30.8 Å². The second kappa shape index (κ2) is 13.2. The van der Waals surface area contributed by atoms with Gasteiger partial charge in [-0.3, -0.25) is 4.98 Å². The molecule has 0 atom stereocenters. The number of rotatable bonds is 11. The van der Waals surface area contributed by atoms with Crippen LogP contribution in [0.2, 0.25) is 5.02 Å². The number of nitrogens with one attached hydrogen (secondary N) is 2. The van der Waals surface area contributed by atoms with E-state index in [-0.39, 0.29) is 24.6 Å². The summed E-state index contributed by atoms with van der Waals surface area (Å²) < 4.78 is 51.6. The standard InChI is InChI=1S/C26H28ClF3N4O3/c1-3-34(4-2)13-14-36-24-16-22(27)21(26(28,29)30)15-23(24)33-25(35)32-17-18-5-7-19(8-6-18)37-20-9-11-31-12-10-20/h5-12,15-16H,3-4,13-14,17H2,1-2H3,(H2,32,33,35). The molecule has 0 unspecified atom stereocenters. The Bertz CT molecular complexity index is 1160. The van der Waals surface area contributed by atoms with Gasteiger partial charge < -0.3 is 25.0 Å². The van der Waals surface area contributed by atoms with Gasteiger partial charge in [-0.15, -0.1) is 0 Å². The highest BCUT2D eigenvalue weighted by Gasteiger charge is 2.34. The lowest BCUT2D eigenvalue weighted by molar-refractivity contribution is -0.137. The van der Waals surface area contributed by atoms with Gasteiger partial charge in [-0.05, 0) is 49.0 Å². The maximum absolute atomic E-state index is 13.4. The number of amides is 2. The van der Waals surface area contributed by atoms with Crippen LogP contribution in [-0.2, 0) is 12.7 Å². The third kappa shape index (κ3) is 8.54. The van der Waals surface area contributed by atoms with Gasteiger partial charge in [-0.1, -0.05) is 37.6 Å². The number of halogens is 4. The summed E-state index contributed by atoms with van der Waals surface area (Å²) in [6.45, 7) is 6.52. The number of benzene rings is 2. The van der Waals surface area contributed by atoms with E-state index >= 15 is 0 Å². The SMILES string of the molecule is CCN(CC)CCOc1cc(Cl)c(C(F)(F)F)cc1NC(=O)NCc1ccc(Oc2ccncc2)cc1. The Morgan fingerprint density at radius 1 is 1.03 bits per heavy atom. The van der Waals surface area contributed by atoms with Gasteiger partial charge in [0, 0.05) is 31.5 Å². The molecule has 0 fully saturated rings. The van der Waals surface area contributed by atoms with Gasteiger partial charge >= 0.3 is 12.2 Å². The molecule has 37 heavy (non-hydrogen) atoms. The van der Waals surface area contributed by atoms with Gasteiger partial charge in [-0.25, -0.2) is 4.79 Å². The Labute approximate surface area is 218 Å². The molecule has 0 aliphatic rings. The van der Waals surface area contributed by atoms with Crippen LogP contribution >= 0.6 is 11.6 Å². The van der Waals surface area contributed by atoms with Crippen molar-refractivity contribution in [3.63, 3.8) is 0 Å². The van der Waals surface area contributed by atoms with Crippen molar-refractivity contribution in [2.24, 2.45) is 0 Å². The van der Waals surface area contributed by atoms with E-state index in [1.807, 2.05) is 13.8 Å². The molecule has 1 aromatic heterocycles. The topological polar surface area (TPSA) is 75.7 Å². The second-order valence-corrected chi connectivity index (χ2v) is 8.35. The number of likely N-dealkylation sites (N-methyl/N-ethyl adjacent to an activating group) is 1. The Morgan fingerprint density at radius 3 is 2.30 bits per heavy atom. The largest absolute Gasteiger partial charge is 0.490 e. The summed E-state index contributed by atoms with van der Waals surface area (Å²) in [6, 6.07) is 11.6. The van der Waals surface area contributed by atoms with Gasteiger partial charge in [0.25, 0.3) is 0 Å².